The predicted octanol–water partition coefficient (Wildman–Crippen LogP) is -0.342. The van der Waals surface area contributed by atoms with E-state index in [9.17, 15) is 9.59 Å². The number of hydrogen-bond acceptors (Lipinski definition) is 4. The van der Waals surface area contributed by atoms with Crippen molar-refractivity contribution < 1.29 is 9.59 Å². The summed E-state index contributed by atoms with van der Waals surface area (Å²) in [6.45, 7) is 7.08. The Morgan fingerprint density at radius 3 is 2.50 bits per heavy atom. The molecule has 6 nitrogen and oxygen atoms in total. The summed E-state index contributed by atoms with van der Waals surface area (Å²) >= 11 is 0. The fourth-order valence-corrected chi connectivity index (χ4v) is 2.26. The average Bonchev–Trinajstić information content (AvgIpc) is 3.01. The molecule has 1 saturated heterocycles. The van der Waals surface area contributed by atoms with E-state index in [-0.39, 0.29) is 11.8 Å². The van der Waals surface area contributed by atoms with Crippen molar-refractivity contribution in [3.05, 3.63) is 0 Å². The minimum Gasteiger partial charge on any atom is -0.353 e. The highest BCUT2D eigenvalue weighted by molar-refractivity contribution is 5.85. The third kappa shape index (κ3) is 5.66. The topological polar surface area (TPSA) is 64.7 Å². The van der Waals surface area contributed by atoms with Gasteiger partial charge in [-0.15, -0.1) is 6.42 Å². The van der Waals surface area contributed by atoms with E-state index < -0.39 is 5.54 Å². The van der Waals surface area contributed by atoms with Gasteiger partial charge in [-0.05, 0) is 33.7 Å². The normalized spacial score (nSPS) is 15.0. The van der Waals surface area contributed by atoms with Crippen molar-refractivity contribution in [1.82, 2.24) is 20.4 Å². The second-order valence-electron chi connectivity index (χ2n) is 6.13. The van der Waals surface area contributed by atoms with Crippen LogP contribution in [0, 0.1) is 12.3 Å². The van der Waals surface area contributed by atoms with Gasteiger partial charge in [-0.1, -0.05) is 5.92 Å². The molecular weight excluding hydrogens is 280 g/mol. The lowest BCUT2D eigenvalue weighted by molar-refractivity contribution is -0.131. The van der Waals surface area contributed by atoms with Gasteiger partial charge in [-0.25, -0.2) is 0 Å². The van der Waals surface area contributed by atoms with Crippen LogP contribution >= 0.6 is 0 Å². The first-order valence-electron chi connectivity index (χ1n) is 7.81. The zero-order valence-corrected chi connectivity index (χ0v) is 13.9. The fourth-order valence-electron chi connectivity index (χ4n) is 2.26. The van der Waals surface area contributed by atoms with Gasteiger partial charge in [0.25, 0.3) is 0 Å². The SMILES string of the molecule is C#CCN(CCNC(=O)C(C)(C)NC)CC(=O)N1CCCC1. The first kappa shape index (κ1) is 18.5. The Kier molecular flexibility index (Phi) is 7.36. The maximum absolute atomic E-state index is 12.2. The van der Waals surface area contributed by atoms with Gasteiger partial charge in [0.15, 0.2) is 0 Å². The molecule has 1 aliphatic heterocycles. The van der Waals surface area contributed by atoms with Gasteiger partial charge in [0.1, 0.15) is 0 Å². The van der Waals surface area contributed by atoms with Crippen molar-refractivity contribution in [1.29, 1.82) is 0 Å². The van der Waals surface area contributed by atoms with Crippen LogP contribution in [0.5, 0.6) is 0 Å². The number of terminal acetylenes is 1. The third-order valence-electron chi connectivity index (χ3n) is 4.04. The van der Waals surface area contributed by atoms with E-state index in [2.05, 4.69) is 16.6 Å². The molecule has 1 fully saturated rings. The number of hydrogen-bond donors (Lipinski definition) is 2. The van der Waals surface area contributed by atoms with Crippen LogP contribution in [0.4, 0.5) is 0 Å². The van der Waals surface area contributed by atoms with Crippen LogP contribution in [0.1, 0.15) is 26.7 Å². The molecule has 1 heterocycles. The lowest BCUT2D eigenvalue weighted by atomic mass is 10.1. The number of carbonyl (C=O) groups is 2. The average molecular weight is 308 g/mol. The van der Waals surface area contributed by atoms with Gasteiger partial charge in [0.05, 0.1) is 18.6 Å². The first-order chi connectivity index (χ1) is 10.4. The molecule has 1 rings (SSSR count). The summed E-state index contributed by atoms with van der Waals surface area (Å²) in [6, 6.07) is 0. The molecule has 6 heteroatoms. The zero-order chi connectivity index (χ0) is 16.6. The first-order valence-corrected chi connectivity index (χ1v) is 7.81. The summed E-state index contributed by atoms with van der Waals surface area (Å²) < 4.78 is 0. The Hall–Kier alpha value is -1.58. The predicted molar refractivity (Wildman–Crippen MR) is 87.2 cm³/mol. The monoisotopic (exact) mass is 308 g/mol. The smallest absolute Gasteiger partial charge is 0.239 e. The van der Waals surface area contributed by atoms with E-state index in [1.165, 1.54) is 0 Å². The van der Waals surface area contributed by atoms with Gasteiger partial charge in [0, 0.05) is 26.2 Å². The van der Waals surface area contributed by atoms with Gasteiger partial charge >= 0.3 is 0 Å². The van der Waals surface area contributed by atoms with Crippen molar-refractivity contribution in [2.45, 2.75) is 32.2 Å². The van der Waals surface area contributed by atoms with Crippen LogP contribution < -0.4 is 10.6 Å². The molecule has 0 aromatic rings. The largest absolute Gasteiger partial charge is 0.353 e. The molecule has 1 aliphatic rings. The second-order valence-corrected chi connectivity index (χ2v) is 6.13. The second kappa shape index (κ2) is 8.76. The van der Waals surface area contributed by atoms with Crippen molar-refractivity contribution in [3.8, 4) is 12.3 Å². The lowest BCUT2D eigenvalue weighted by Crippen LogP contribution is -2.52. The van der Waals surface area contributed by atoms with Gasteiger partial charge in [0.2, 0.25) is 11.8 Å². The summed E-state index contributed by atoms with van der Waals surface area (Å²) in [7, 11) is 1.75. The minimum absolute atomic E-state index is 0.0680. The van der Waals surface area contributed by atoms with Crippen LogP contribution in [0.2, 0.25) is 0 Å². The van der Waals surface area contributed by atoms with E-state index in [4.69, 9.17) is 6.42 Å². The highest BCUT2D eigenvalue weighted by Crippen LogP contribution is 2.08. The van der Waals surface area contributed by atoms with E-state index in [1.54, 1.807) is 7.05 Å². The Balaban J connectivity index is 2.39. The summed E-state index contributed by atoms with van der Waals surface area (Å²) in [5.74, 6) is 2.63. The minimum atomic E-state index is -0.609. The Morgan fingerprint density at radius 2 is 1.95 bits per heavy atom. The molecule has 0 aliphatic carbocycles. The molecule has 2 N–H and O–H groups in total. The molecule has 0 saturated carbocycles. The number of amides is 2. The Bertz CT molecular complexity index is 422. The summed E-state index contributed by atoms with van der Waals surface area (Å²) in [4.78, 5) is 27.9. The molecule has 124 valence electrons. The third-order valence-corrected chi connectivity index (χ3v) is 4.04. The van der Waals surface area contributed by atoms with Gasteiger partial charge in [-0.2, -0.15) is 0 Å². The van der Waals surface area contributed by atoms with Crippen molar-refractivity contribution in [2.24, 2.45) is 0 Å². The Morgan fingerprint density at radius 1 is 1.32 bits per heavy atom. The van der Waals surface area contributed by atoms with Crippen LogP contribution in [-0.2, 0) is 9.59 Å². The van der Waals surface area contributed by atoms with Gasteiger partial charge < -0.3 is 15.5 Å². The van der Waals surface area contributed by atoms with Crippen LogP contribution in [0.15, 0.2) is 0 Å². The van der Waals surface area contributed by atoms with Crippen LogP contribution in [-0.4, -0.2) is 73.5 Å². The molecular formula is C16H28N4O2. The number of likely N-dealkylation sites (tertiary alicyclic amines) is 1. The summed E-state index contributed by atoms with van der Waals surface area (Å²) in [5, 5.41) is 5.82. The maximum atomic E-state index is 12.2. The molecule has 0 unspecified atom stereocenters. The number of nitrogens with one attached hydrogen (secondary N) is 2. The molecule has 0 aromatic heterocycles. The quantitative estimate of drug-likeness (QED) is 0.602. The van der Waals surface area contributed by atoms with E-state index >= 15 is 0 Å². The lowest BCUT2D eigenvalue weighted by Gasteiger charge is -2.25. The molecule has 0 aromatic carbocycles. The molecule has 2 amide bonds. The fraction of sp³-hybridized carbons (Fsp3) is 0.750. The van der Waals surface area contributed by atoms with E-state index in [0.29, 0.717) is 26.2 Å². The number of likely N-dealkylation sites (N-methyl/N-ethyl adjacent to an activating group) is 1. The number of nitrogens with zero attached hydrogens (tertiary/aromatic N) is 2. The molecule has 0 spiro atoms. The van der Waals surface area contributed by atoms with Crippen LogP contribution in [0.25, 0.3) is 0 Å². The summed E-state index contributed by atoms with van der Waals surface area (Å²) in [6.07, 6.45) is 7.53. The number of rotatable bonds is 8. The van der Waals surface area contributed by atoms with Crippen molar-refractivity contribution in [3.63, 3.8) is 0 Å². The summed E-state index contributed by atoms with van der Waals surface area (Å²) in [5.41, 5.74) is -0.609. The van der Waals surface area contributed by atoms with E-state index in [1.807, 2.05) is 23.6 Å². The zero-order valence-electron chi connectivity index (χ0n) is 13.9. The molecule has 22 heavy (non-hydrogen) atoms. The van der Waals surface area contributed by atoms with Crippen molar-refractivity contribution in [2.75, 3.05) is 46.3 Å². The molecule has 0 bridgehead atoms. The van der Waals surface area contributed by atoms with Gasteiger partial charge in [-0.3, -0.25) is 14.5 Å². The molecule has 0 atom stereocenters. The highest BCUT2D eigenvalue weighted by Gasteiger charge is 2.25. The molecule has 0 radical (unpaired) electrons. The van der Waals surface area contributed by atoms with Crippen molar-refractivity contribution >= 4 is 11.8 Å². The maximum Gasteiger partial charge on any atom is 0.239 e. The Labute approximate surface area is 133 Å². The van der Waals surface area contributed by atoms with E-state index in [0.717, 1.165) is 25.9 Å². The number of carbonyl (C=O) groups excluding carboxylic acids is 2. The van der Waals surface area contributed by atoms with Crippen LogP contribution in [0.3, 0.4) is 0 Å². The standard InChI is InChI=1S/C16H28N4O2/c1-5-9-19(13-14(21)20-10-6-7-11-20)12-8-18-15(22)16(2,3)17-4/h1,17H,6-13H2,2-4H3,(H,18,22). The highest BCUT2D eigenvalue weighted by atomic mass is 16.2.